The van der Waals surface area contributed by atoms with Gasteiger partial charge in [-0.25, -0.2) is 4.79 Å². The number of esters is 2. The molecular weight excluding hydrogens is 748 g/mol. The second kappa shape index (κ2) is 43.0. The Morgan fingerprint density at radius 3 is 1.02 bits per heavy atom. The van der Waals surface area contributed by atoms with Crippen molar-refractivity contribution in [3.63, 3.8) is 0 Å². The van der Waals surface area contributed by atoms with Crippen LogP contribution in [-0.2, 0) is 71.2 Å². The van der Waals surface area contributed by atoms with Gasteiger partial charge in [0.15, 0.2) is 0 Å². The van der Waals surface area contributed by atoms with E-state index in [-0.39, 0.29) is 25.8 Å². The largest absolute Gasteiger partial charge is 0.463 e. The molecule has 0 unspecified atom stereocenters. The summed E-state index contributed by atoms with van der Waals surface area (Å²) in [5.74, 6) is -1.73. The maximum atomic E-state index is 11.9. The zero-order valence-corrected chi connectivity index (χ0v) is 34.3. The molecule has 57 heavy (non-hydrogen) atoms. The highest BCUT2D eigenvalue weighted by Crippen LogP contribution is 2.07. The van der Waals surface area contributed by atoms with E-state index in [9.17, 15) is 14.4 Å². The van der Waals surface area contributed by atoms with Gasteiger partial charge in [-0.15, -0.1) is 0 Å². The van der Waals surface area contributed by atoms with Gasteiger partial charge in [0, 0.05) is 12.0 Å². The molecule has 0 amide bonds. The van der Waals surface area contributed by atoms with Gasteiger partial charge in [0.2, 0.25) is 0 Å². The highest BCUT2D eigenvalue weighted by molar-refractivity contribution is 6.40. The van der Waals surface area contributed by atoms with Crippen molar-refractivity contribution in [3.8, 4) is 0 Å². The van der Waals surface area contributed by atoms with Crippen molar-refractivity contribution >= 4 is 17.7 Å². The summed E-state index contributed by atoms with van der Waals surface area (Å²) in [6.45, 7) is 12.1. The lowest BCUT2D eigenvalue weighted by Crippen LogP contribution is -2.20. The molecule has 0 spiro atoms. The van der Waals surface area contributed by atoms with Crippen molar-refractivity contribution in [1.29, 1.82) is 0 Å². The van der Waals surface area contributed by atoms with E-state index in [1.807, 2.05) is 0 Å². The van der Waals surface area contributed by atoms with Crippen LogP contribution in [0.3, 0.4) is 0 Å². The summed E-state index contributed by atoms with van der Waals surface area (Å²) in [6.07, 6.45) is 7.37. The first-order chi connectivity index (χ1) is 28.1. The first kappa shape index (κ1) is 52.4. The van der Waals surface area contributed by atoms with E-state index < -0.39 is 11.8 Å². The van der Waals surface area contributed by atoms with E-state index in [2.05, 4.69) is 6.92 Å². The fourth-order valence-electron chi connectivity index (χ4n) is 4.60. The number of ketones is 1. The summed E-state index contributed by atoms with van der Waals surface area (Å²) in [4.78, 5) is 35.3. The first-order valence-electron chi connectivity index (χ1n) is 20.4. The lowest BCUT2D eigenvalue weighted by Gasteiger charge is -2.09. The Bertz CT molecular complexity index is 1030. The maximum absolute atomic E-state index is 11.9. The Labute approximate surface area is 339 Å². The van der Waals surface area contributed by atoms with E-state index in [0.717, 1.165) is 12.8 Å². The van der Waals surface area contributed by atoms with Gasteiger partial charge in [0.05, 0.1) is 145 Å². The number of carbonyl (C=O) groups excluding carboxylic acids is 3. The molecule has 0 N–H and O–H groups in total. The number of ether oxygens (including phenoxy) is 13. The average molecular weight is 819 g/mol. The SMILES string of the molecule is CCCCCCCCC(=O)OCCOCCOCCOCCOCCOCCOCCOCCOCCOCCOCCOCCOC(=O)C(=O)c1ccccc1. The summed E-state index contributed by atoms with van der Waals surface area (Å²) < 4.78 is 70.1. The third kappa shape index (κ3) is 37.4. The van der Waals surface area contributed by atoms with Crippen LogP contribution < -0.4 is 0 Å². The number of hydrogen-bond acceptors (Lipinski definition) is 16. The molecule has 0 aliphatic heterocycles. The maximum Gasteiger partial charge on any atom is 0.379 e. The fraction of sp³-hybridized carbons (Fsp3) is 0.780. The van der Waals surface area contributed by atoms with E-state index in [4.69, 9.17) is 61.6 Å². The van der Waals surface area contributed by atoms with Gasteiger partial charge < -0.3 is 61.6 Å². The summed E-state index contributed by atoms with van der Waals surface area (Å²) in [5.41, 5.74) is 0.292. The number of Topliss-reactive ketones (excluding diaryl/α,β-unsaturated/α-hetero) is 1. The van der Waals surface area contributed by atoms with Gasteiger partial charge >= 0.3 is 11.9 Å². The predicted molar refractivity (Wildman–Crippen MR) is 210 cm³/mol. The topological polar surface area (TPSA) is 171 Å². The monoisotopic (exact) mass is 818 g/mol. The zero-order chi connectivity index (χ0) is 41.0. The zero-order valence-electron chi connectivity index (χ0n) is 34.3. The lowest BCUT2D eigenvalue weighted by molar-refractivity contribution is -0.145. The number of benzene rings is 1. The third-order valence-corrected chi connectivity index (χ3v) is 7.63. The van der Waals surface area contributed by atoms with Crippen LogP contribution in [-0.4, -0.2) is 176 Å². The molecule has 0 aromatic heterocycles. The van der Waals surface area contributed by atoms with Crippen LogP contribution in [0.2, 0.25) is 0 Å². The van der Waals surface area contributed by atoms with Gasteiger partial charge in [-0.3, -0.25) is 9.59 Å². The smallest absolute Gasteiger partial charge is 0.379 e. The van der Waals surface area contributed by atoms with Crippen molar-refractivity contribution in [2.75, 3.05) is 159 Å². The molecule has 0 bridgehead atoms. The number of unbranched alkanes of at least 4 members (excludes halogenated alkanes) is 5. The van der Waals surface area contributed by atoms with Crippen molar-refractivity contribution in [2.45, 2.75) is 51.9 Å². The van der Waals surface area contributed by atoms with Crippen LogP contribution in [0, 0.1) is 0 Å². The minimum absolute atomic E-state index is 0.00730. The third-order valence-electron chi connectivity index (χ3n) is 7.63. The molecule has 0 aliphatic carbocycles. The molecule has 0 radical (unpaired) electrons. The predicted octanol–water partition coefficient (Wildman–Crippen LogP) is 3.89. The van der Waals surface area contributed by atoms with E-state index in [1.54, 1.807) is 30.3 Å². The molecule has 0 saturated carbocycles. The van der Waals surface area contributed by atoms with Gasteiger partial charge in [-0.2, -0.15) is 0 Å². The van der Waals surface area contributed by atoms with Crippen LogP contribution in [0.25, 0.3) is 0 Å². The Morgan fingerprint density at radius 1 is 0.368 bits per heavy atom. The molecule has 0 heterocycles. The Kier molecular flexibility index (Phi) is 39.5. The Hall–Kier alpha value is -2.61. The van der Waals surface area contributed by atoms with Gasteiger partial charge in [-0.1, -0.05) is 69.4 Å². The van der Waals surface area contributed by atoms with Crippen LogP contribution in [0.5, 0.6) is 0 Å². The van der Waals surface area contributed by atoms with Crippen molar-refractivity contribution < 1.29 is 76.0 Å². The van der Waals surface area contributed by atoms with Gasteiger partial charge in [-0.05, 0) is 6.42 Å². The molecule has 330 valence electrons. The molecule has 0 atom stereocenters. The van der Waals surface area contributed by atoms with Crippen LogP contribution >= 0.6 is 0 Å². The standard InChI is InChI=1S/C41H70O16/c1-2-3-4-5-6-10-13-39(42)56-36-34-54-32-30-52-28-26-50-24-22-48-20-18-46-16-14-45-15-17-47-19-21-49-23-25-51-27-29-53-31-33-55-35-37-57-41(44)40(43)38-11-8-7-9-12-38/h7-9,11-12H,2-6,10,13-37H2,1H3. The van der Waals surface area contributed by atoms with Crippen LogP contribution in [0.15, 0.2) is 30.3 Å². The second-order valence-electron chi connectivity index (χ2n) is 12.3. The van der Waals surface area contributed by atoms with E-state index >= 15 is 0 Å². The molecule has 0 fully saturated rings. The van der Waals surface area contributed by atoms with Crippen molar-refractivity contribution in [2.24, 2.45) is 0 Å². The molecule has 16 heteroatoms. The van der Waals surface area contributed by atoms with Gasteiger partial charge in [0.1, 0.15) is 13.2 Å². The summed E-state index contributed by atoms with van der Waals surface area (Å²) >= 11 is 0. The Morgan fingerprint density at radius 2 is 0.667 bits per heavy atom. The molecular formula is C41H70O16. The first-order valence-corrected chi connectivity index (χ1v) is 20.4. The second-order valence-corrected chi connectivity index (χ2v) is 12.3. The molecule has 0 saturated heterocycles. The average Bonchev–Trinajstić information content (AvgIpc) is 3.23. The molecule has 1 aromatic rings. The van der Waals surface area contributed by atoms with Crippen molar-refractivity contribution in [3.05, 3.63) is 35.9 Å². The van der Waals surface area contributed by atoms with Crippen molar-refractivity contribution in [1.82, 2.24) is 0 Å². The Balaban J connectivity index is 1.65. The highest BCUT2D eigenvalue weighted by atomic mass is 16.6. The summed E-state index contributed by atoms with van der Waals surface area (Å²) in [7, 11) is 0. The minimum Gasteiger partial charge on any atom is -0.463 e. The fourth-order valence-corrected chi connectivity index (χ4v) is 4.60. The van der Waals surface area contributed by atoms with E-state index in [1.165, 1.54) is 25.7 Å². The van der Waals surface area contributed by atoms with Crippen LogP contribution in [0.1, 0.15) is 62.2 Å². The summed E-state index contributed by atoms with van der Waals surface area (Å²) in [5, 5.41) is 0. The normalized spacial score (nSPS) is 11.2. The summed E-state index contributed by atoms with van der Waals surface area (Å²) in [6, 6.07) is 8.25. The molecule has 1 rings (SSSR count). The molecule has 1 aromatic carbocycles. The van der Waals surface area contributed by atoms with Crippen LogP contribution in [0.4, 0.5) is 0 Å². The molecule has 0 aliphatic rings. The minimum atomic E-state index is -0.901. The molecule has 16 nitrogen and oxygen atoms in total. The van der Waals surface area contributed by atoms with E-state index in [0.29, 0.717) is 151 Å². The number of rotatable bonds is 45. The quantitative estimate of drug-likeness (QED) is 0.0402. The highest BCUT2D eigenvalue weighted by Gasteiger charge is 2.17. The lowest BCUT2D eigenvalue weighted by atomic mass is 10.1. The van der Waals surface area contributed by atoms with Gasteiger partial charge in [0.25, 0.3) is 5.78 Å². The number of carbonyl (C=O) groups is 3. The number of hydrogen-bond donors (Lipinski definition) is 0.